The third kappa shape index (κ3) is 3.48. The van der Waals surface area contributed by atoms with Crippen molar-refractivity contribution >= 4 is 11.9 Å². The van der Waals surface area contributed by atoms with Crippen molar-refractivity contribution in [3.05, 3.63) is 0 Å². The first-order valence-electron chi connectivity index (χ1n) is 5.37. The molecule has 0 saturated carbocycles. The summed E-state index contributed by atoms with van der Waals surface area (Å²) in [5, 5.41) is 2.95. The van der Waals surface area contributed by atoms with Gasteiger partial charge >= 0.3 is 11.9 Å². The van der Waals surface area contributed by atoms with Gasteiger partial charge in [0.15, 0.2) is 0 Å². The minimum atomic E-state index is -0.486. The summed E-state index contributed by atoms with van der Waals surface area (Å²) >= 11 is 0. The van der Waals surface area contributed by atoms with E-state index in [2.05, 4.69) is 10.1 Å². The summed E-state index contributed by atoms with van der Waals surface area (Å²) in [4.78, 5) is 22.9. The molecule has 5 heteroatoms. The SMILES string of the molecule is COC(=O)[C@H]1C[C@@H](C(=O)OC(C)(C)C)CN1. The van der Waals surface area contributed by atoms with Gasteiger partial charge in [-0.15, -0.1) is 0 Å². The van der Waals surface area contributed by atoms with Crippen LogP contribution in [0.25, 0.3) is 0 Å². The highest BCUT2D eigenvalue weighted by atomic mass is 16.6. The van der Waals surface area contributed by atoms with E-state index >= 15 is 0 Å². The molecule has 1 aliphatic rings. The van der Waals surface area contributed by atoms with E-state index in [0.29, 0.717) is 13.0 Å². The smallest absolute Gasteiger partial charge is 0.322 e. The van der Waals surface area contributed by atoms with Crippen LogP contribution in [0.1, 0.15) is 27.2 Å². The Kier molecular flexibility index (Phi) is 3.91. The highest BCUT2D eigenvalue weighted by Crippen LogP contribution is 2.19. The normalized spacial score (nSPS) is 25.2. The van der Waals surface area contributed by atoms with Crippen LogP contribution in [0.3, 0.4) is 0 Å². The predicted molar refractivity (Wildman–Crippen MR) is 57.8 cm³/mol. The zero-order chi connectivity index (χ0) is 12.3. The zero-order valence-electron chi connectivity index (χ0n) is 10.2. The van der Waals surface area contributed by atoms with E-state index in [4.69, 9.17) is 4.74 Å². The van der Waals surface area contributed by atoms with Gasteiger partial charge in [0.05, 0.1) is 13.0 Å². The highest BCUT2D eigenvalue weighted by molar-refractivity contribution is 5.80. The summed E-state index contributed by atoms with van der Waals surface area (Å²) in [5.41, 5.74) is -0.486. The summed E-state index contributed by atoms with van der Waals surface area (Å²) in [6.07, 6.45) is 0.446. The molecular formula is C11H19NO4. The van der Waals surface area contributed by atoms with Gasteiger partial charge in [-0.25, -0.2) is 0 Å². The van der Waals surface area contributed by atoms with E-state index in [1.165, 1.54) is 7.11 Å². The van der Waals surface area contributed by atoms with Crippen LogP contribution in [-0.2, 0) is 19.1 Å². The van der Waals surface area contributed by atoms with Crippen molar-refractivity contribution < 1.29 is 19.1 Å². The number of rotatable bonds is 2. The Morgan fingerprint density at radius 2 is 1.88 bits per heavy atom. The Hall–Kier alpha value is -1.10. The van der Waals surface area contributed by atoms with Crippen molar-refractivity contribution in [1.29, 1.82) is 0 Å². The summed E-state index contributed by atoms with van der Waals surface area (Å²) in [6, 6.07) is -0.387. The Balaban J connectivity index is 2.47. The Bertz CT molecular complexity index is 282. The quantitative estimate of drug-likeness (QED) is 0.698. The standard InChI is InChI=1S/C11H19NO4/c1-11(2,3)16-9(13)7-5-8(12-6-7)10(14)15-4/h7-8,12H,5-6H2,1-4H3/t7-,8-/m1/s1. The number of hydrogen-bond acceptors (Lipinski definition) is 5. The fraction of sp³-hybridized carbons (Fsp3) is 0.818. The molecule has 0 aliphatic carbocycles. The summed E-state index contributed by atoms with van der Waals surface area (Å²) < 4.78 is 9.86. The largest absolute Gasteiger partial charge is 0.468 e. The molecule has 5 nitrogen and oxygen atoms in total. The summed E-state index contributed by atoms with van der Waals surface area (Å²) in [7, 11) is 1.34. The van der Waals surface area contributed by atoms with Gasteiger partial charge < -0.3 is 14.8 Å². The van der Waals surface area contributed by atoms with Crippen LogP contribution in [0.2, 0.25) is 0 Å². The lowest BCUT2D eigenvalue weighted by molar-refractivity contribution is -0.159. The van der Waals surface area contributed by atoms with Crippen LogP contribution in [0.4, 0.5) is 0 Å². The maximum Gasteiger partial charge on any atom is 0.322 e. The first-order chi connectivity index (χ1) is 7.33. The van der Waals surface area contributed by atoms with Crippen molar-refractivity contribution in [2.24, 2.45) is 5.92 Å². The van der Waals surface area contributed by atoms with E-state index < -0.39 is 5.60 Å². The fourth-order valence-electron chi connectivity index (χ4n) is 1.62. The van der Waals surface area contributed by atoms with Gasteiger partial charge in [-0.1, -0.05) is 0 Å². The average Bonchev–Trinajstić information content (AvgIpc) is 2.62. The van der Waals surface area contributed by atoms with Gasteiger partial charge in [0.1, 0.15) is 11.6 Å². The molecule has 1 N–H and O–H groups in total. The Morgan fingerprint density at radius 1 is 1.25 bits per heavy atom. The molecule has 1 rings (SSSR count). The molecule has 16 heavy (non-hydrogen) atoms. The van der Waals surface area contributed by atoms with E-state index in [9.17, 15) is 9.59 Å². The van der Waals surface area contributed by atoms with E-state index in [1.54, 1.807) is 0 Å². The molecule has 0 bridgehead atoms. The lowest BCUT2D eigenvalue weighted by atomic mass is 10.1. The van der Waals surface area contributed by atoms with Gasteiger partial charge in [0.25, 0.3) is 0 Å². The first-order valence-corrected chi connectivity index (χ1v) is 5.37. The number of hydrogen-bond donors (Lipinski definition) is 1. The molecule has 92 valence electrons. The van der Waals surface area contributed by atoms with E-state index in [0.717, 1.165) is 0 Å². The number of methoxy groups -OCH3 is 1. The van der Waals surface area contributed by atoms with Gasteiger partial charge in [-0.3, -0.25) is 9.59 Å². The van der Waals surface area contributed by atoms with Crippen LogP contribution < -0.4 is 5.32 Å². The summed E-state index contributed by atoms with van der Waals surface area (Å²) in [5.74, 6) is -0.846. The van der Waals surface area contributed by atoms with Gasteiger partial charge in [-0.05, 0) is 27.2 Å². The first kappa shape index (κ1) is 13.0. The van der Waals surface area contributed by atoms with Gasteiger partial charge in [-0.2, -0.15) is 0 Å². The van der Waals surface area contributed by atoms with Crippen molar-refractivity contribution in [1.82, 2.24) is 5.32 Å². The molecule has 0 aromatic carbocycles. The molecule has 1 heterocycles. The van der Waals surface area contributed by atoms with Crippen molar-refractivity contribution in [3.8, 4) is 0 Å². The minimum Gasteiger partial charge on any atom is -0.468 e. The molecule has 0 amide bonds. The maximum atomic E-state index is 11.7. The average molecular weight is 229 g/mol. The molecule has 0 unspecified atom stereocenters. The Morgan fingerprint density at radius 3 is 2.38 bits per heavy atom. The molecule has 0 spiro atoms. The second kappa shape index (κ2) is 4.82. The number of carbonyl (C=O) groups is 2. The molecule has 1 fully saturated rings. The monoisotopic (exact) mass is 229 g/mol. The molecule has 0 aromatic heterocycles. The van der Waals surface area contributed by atoms with E-state index in [1.807, 2.05) is 20.8 Å². The molecular weight excluding hydrogens is 210 g/mol. The van der Waals surface area contributed by atoms with Gasteiger partial charge in [0, 0.05) is 6.54 Å². The number of esters is 2. The molecule has 0 aromatic rings. The van der Waals surface area contributed by atoms with Crippen LogP contribution in [0.5, 0.6) is 0 Å². The molecule has 1 saturated heterocycles. The zero-order valence-corrected chi connectivity index (χ0v) is 10.2. The van der Waals surface area contributed by atoms with Crippen molar-refractivity contribution in [2.45, 2.75) is 38.8 Å². The van der Waals surface area contributed by atoms with Gasteiger partial charge in [0.2, 0.25) is 0 Å². The second-order valence-corrected chi connectivity index (χ2v) is 4.95. The van der Waals surface area contributed by atoms with Crippen LogP contribution in [0.15, 0.2) is 0 Å². The molecule has 0 radical (unpaired) electrons. The third-order valence-corrected chi connectivity index (χ3v) is 2.36. The molecule has 1 aliphatic heterocycles. The predicted octanol–water partition coefficient (Wildman–Crippen LogP) is 0.479. The van der Waals surface area contributed by atoms with Crippen molar-refractivity contribution in [2.75, 3.05) is 13.7 Å². The lowest BCUT2D eigenvalue weighted by Gasteiger charge is -2.21. The summed E-state index contributed by atoms with van der Waals surface area (Å²) in [6.45, 7) is 5.94. The minimum absolute atomic E-state index is 0.258. The number of carbonyl (C=O) groups excluding carboxylic acids is 2. The van der Waals surface area contributed by atoms with Crippen molar-refractivity contribution in [3.63, 3.8) is 0 Å². The number of ether oxygens (including phenoxy) is 2. The maximum absolute atomic E-state index is 11.7. The third-order valence-electron chi connectivity index (χ3n) is 2.36. The molecule has 2 atom stereocenters. The Labute approximate surface area is 95.5 Å². The second-order valence-electron chi connectivity index (χ2n) is 4.95. The topological polar surface area (TPSA) is 64.6 Å². The van der Waals surface area contributed by atoms with Crippen LogP contribution >= 0.6 is 0 Å². The van der Waals surface area contributed by atoms with Crippen LogP contribution in [0, 0.1) is 5.92 Å². The lowest BCUT2D eigenvalue weighted by Crippen LogP contribution is -2.31. The highest BCUT2D eigenvalue weighted by Gasteiger charge is 2.36. The van der Waals surface area contributed by atoms with Crippen LogP contribution in [-0.4, -0.2) is 37.2 Å². The fourth-order valence-corrected chi connectivity index (χ4v) is 1.62. The number of nitrogens with one attached hydrogen (secondary N) is 1. The van der Waals surface area contributed by atoms with E-state index in [-0.39, 0.29) is 23.9 Å².